The molecule has 2 aromatic carbocycles. The minimum absolute atomic E-state index is 0.354. The van der Waals surface area contributed by atoms with Crippen molar-refractivity contribution in [2.75, 3.05) is 0 Å². The Hall–Kier alpha value is -2.14. The van der Waals surface area contributed by atoms with E-state index >= 15 is 0 Å². The zero-order valence-electron chi connectivity index (χ0n) is 10.8. The van der Waals surface area contributed by atoms with E-state index < -0.39 is 0 Å². The smallest absolute Gasteiger partial charge is 0.267 e. The summed E-state index contributed by atoms with van der Waals surface area (Å²) in [7, 11) is 0. The van der Waals surface area contributed by atoms with Gasteiger partial charge in [0, 0.05) is 15.6 Å². The molecule has 2 rings (SSSR count). The van der Waals surface area contributed by atoms with Crippen molar-refractivity contribution in [1.82, 2.24) is 10.9 Å². The van der Waals surface area contributed by atoms with Gasteiger partial charge in [-0.25, -0.2) is 0 Å². The van der Waals surface area contributed by atoms with Crippen LogP contribution in [0.3, 0.4) is 0 Å². The van der Waals surface area contributed by atoms with Crippen LogP contribution >= 0.6 is 15.9 Å². The minimum Gasteiger partial charge on any atom is -0.267 e. The van der Waals surface area contributed by atoms with E-state index in [9.17, 15) is 9.59 Å². The Labute approximate surface area is 125 Å². The highest BCUT2D eigenvalue weighted by Crippen LogP contribution is 2.15. The molecule has 0 saturated heterocycles. The third-order valence-corrected chi connectivity index (χ3v) is 3.26. The Balaban J connectivity index is 2.02. The van der Waals surface area contributed by atoms with Crippen LogP contribution in [0.15, 0.2) is 53.0 Å². The van der Waals surface area contributed by atoms with Crippen molar-refractivity contribution < 1.29 is 9.59 Å². The van der Waals surface area contributed by atoms with E-state index in [1.807, 2.05) is 25.1 Å². The van der Waals surface area contributed by atoms with Gasteiger partial charge in [-0.3, -0.25) is 20.4 Å². The molecule has 0 aliphatic rings. The predicted molar refractivity (Wildman–Crippen MR) is 80.3 cm³/mol. The highest BCUT2D eigenvalue weighted by Gasteiger charge is 2.11. The molecule has 20 heavy (non-hydrogen) atoms. The summed E-state index contributed by atoms with van der Waals surface area (Å²) in [4.78, 5) is 23.8. The Bertz CT molecular complexity index is 642. The third kappa shape index (κ3) is 3.45. The average molecular weight is 333 g/mol. The second kappa shape index (κ2) is 6.34. The molecule has 2 aromatic rings. The summed E-state index contributed by atoms with van der Waals surface area (Å²) in [5.41, 5.74) is 6.62. The quantitative estimate of drug-likeness (QED) is 0.831. The molecule has 0 bridgehead atoms. The number of aryl methyl sites for hydroxylation is 1. The molecule has 0 spiro atoms. The number of hydrazine groups is 1. The molecule has 2 N–H and O–H groups in total. The standard InChI is InChI=1S/C15H13BrN2O2/c1-10-7-8-12(16)9-13(10)15(20)18-17-14(19)11-5-3-2-4-6-11/h2-9H,1H3,(H,17,19)(H,18,20). The van der Waals surface area contributed by atoms with Crippen molar-refractivity contribution in [3.63, 3.8) is 0 Å². The van der Waals surface area contributed by atoms with Gasteiger partial charge < -0.3 is 0 Å². The highest BCUT2D eigenvalue weighted by molar-refractivity contribution is 9.10. The monoisotopic (exact) mass is 332 g/mol. The number of hydrogen-bond donors (Lipinski definition) is 2. The number of carbonyl (C=O) groups is 2. The van der Waals surface area contributed by atoms with Gasteiger partial charge in [-0.2, -0.15) is 0 Å². The van der Waals surface area contributed by atoms with Crippen molar-refractivity contribution in [2.45, 2.75) is 6.92 Å². The maximum absolute atomic E-state index is 12.0. The number of rotatable bonds is 2. The zero-order chi connectivity index (χ0) is 14.5. The molecule has 102 valence electrons. The largest absolute Gasteiger partial charge is 0.270 e. The summed E-state index contributed by atoms with van der Waals surface area (Å²) < 4.78 is 0.808. The fourth-order valence-electron chi connectivity index (χ4n) is 1.68. The Morgan fingerprint density at radius 2 is 1.60 bits per heavy atom. The van der Waals surface area contributed by atoms with Gasteiger partial charge in [-0.05, 0) is 36.8 Å². The van der Waals surface area contributed by atoms with Crippen molar-refractivity contribution in [1.29, 1.82) is 0 Å². The topological polar surface area (TPSA) is 58.2 Å². The van der Waals surface area contributed by atoms with Gasteiger partial charge in [0.1, 0.15) is 0 Å². The number of hydrogen-bond acceptors (Lipinski definition) is 2. The first-order valence-corrected chi connectivity index (χ1v) is 6.79. The molecule has 0 aliphatic carbocycles. The molecule has 0 aliphatic heterocycles. The molecule has 0 atom stereocenters. The fourth-order valence-corrected chi connectivity index (χ4v) is 2.04. The van der Waals surface area contributed by atoms with E-state index in [4.69, 9.17) is 0 Å². The second-order valence-electron chi connectivity index (χ2n) is 4.23. The Morgan fingerprint density at radius 3 is 2.30 bits per heavy atom. The molecular weight excluding hydrogens is 320 g/mol. The summed E-state index contributed by atoms with van der Waals surface area (Å²) in [6.07, 6.45) is 0. The maximum Gasteiger partial charge on any atom is 0.270 e. The molecule has 4 nitrogen and oxygen atoms in total. The fraction of sp³-hybridized carbons (Fsp3) is 0.0667. The van der Waals surface area contributed by atoms with Crippen LogP contribution in [0.2, 0.25) is 0 Å². The molecule has 0 heterocycles. The van der Waals surface area contributed by atoms with Gasteiger partial charge in [-0.1, -0.05) is 40.2 Å². The van der Waals surface area contributed by atoms with Crippen LogP contribution < -0.4 is 10.9 Å². The maximum atomic E-state index is 12.0. The molecular formula is C15H13BrN2O2. The van der Waals surface area contributed by atoms with E-state index in [0.717, 1.165) is 10.0 Å². The van der Waals surface area contributed by atoms with E-state index in [2.05, 4.69) is 26.8 Å². The number of benzene rings is 2. The third-order valence-electron chi connectivity index (χ3n) is 2.77. The summed E-state index contributed by atoms with van der Waals surface area (Å²) in [5.74, 6) is -0.709. The normalized spacial score (nSPS) is 9.90. The molecule has 0 saturated carbocycles. The van der Waals surface area contributed by atoms with Gasteiger partial charge in [0.15, 0.2) is 0 Å². The predicted octanol–water partition coefficient (Wildman–Crippen LogP) is 2.83. The first-order valence-electron chi connectivity index (χ1n) is 6.00. The molecule has 0 fully saturated rings. The molecule has 2 amide bonds. The van der Waals surface area contributed by atoms with Crippen molar-refractivity contribution in [2.24, 2.45) is 0 Å². The van der Waals surface area contributed by atoms with Gasteiger partial charge in [0.2, 0.25) is 0 Å². The summed E-state index contributed by atoms with van der Waals surface area (Å²) in [6.45, 7) is 1.83. The average Bonchev–Trinajstić information content (AvgIpc) is 2.47. The first-order chi connectivity index (χ1) is 9.58. The van der Waals surface area contributed by atoms with Gasteiger partial charge >= 0.3 is 0 Å². The Morgan fingerprint density at radius 1 is 0.950 bits per heavy atom. The highest BCUT2D eigenvalue weighted by atomic mass is 79.9. The van der Waals surface area contributed by atoms with Crippen LogP contribution in [-0.4, -0.2) is 11.8 Å². The lowest BCUT2D eigenvalue weighted by molar-refractivity contribution is 0.0846. The van der Waals surface area contributed by atoms with Crippen LogP contribution in [-0.2, 0) is 0 Å². The van der Waals surface area contributed by atoms with Crippen molar-refractivity contribution in [3.05, 3.63) is 69.7 Å². The summed E-state index contributed by atoms with van der Waals surface area (Å²) in [6, 6.07) is 14.1. The van der Waals surface area contributed by atoms with E-state index in [1.54, 1.807) is 30.3 Å². The lowest BCUT2D eigenvalue weighted by Gasteiger charge is -2.09. The molecule has 5 heteroatoms. The SMILES string of the molecule is Cc1ccc(Br)cc1C(=O)NNC(=O)c1ccccc1. The van der Waals surface area contributed by atoms with E-state index in [-0.39, 0.29) is 11.8 Å². The Kier molecular flexibility index (Phi) is 4.53. The molecule has 0 unspecified atom stereocenters. The zero-order valence-corrected chi connectivity index (χ0v) is 12.4. The molecule has 0 radical (unpaired) electrons. The van der Waals surface area contributed by atoms with E-state index in [0.29, 0.717) is 11.1 Å². The van der Waals surface area contributed by atoms with Crippen molar-refractivity contribution >= 4 is 27.7 Å². The second-order valence-corrected chi connectivity index (χ2v) is 5.15. The van der Waals surface area contributed by atoms with Crippen LogP contribution in [0.25, 0.3) is 0 Å². The number of carbonyl (C=O) groups excluding carboxylic acids is 2. The van der Waals surface area contributed by atoms with Crippen LogP contribution in [0.4, 0.5) is 0 Å². The van der Waals surface area contributed by atoms with Gasteiger partial charge in [0.05, 0.1) is 0 Å². The summed E-state index contributed by atoms with van der Waals surface area (Å²) in [5, 5.41) is 0. The number of nitrogens with one attached hydrogen (secondary N) is 2. The lowest BCUT2D eigenvalue weighted by atomic mass is 10.1. The van der Waals surface area contributed by atoms with Crippen LogP contribution in [0.1, 0.15) is 26.3 Å². The number of amides is 2. The molecule has 0 aromatic heterocycles. The van der Waals surface area contributed by atoms with Gasteiger partial charge in [0.25, 0.3) is 11.8 Å². The first kappa shape index (κ1) is 14.3. The number of halogens is 1. The van der Waals surface area contributed by atoms with Crippen LogP contribution in [0.5, 0.6) is 0 Å². The van der Waals surface area contributed by atoms with Crippen molar-refractivity contribution in [3.8, 4) is 0 Å². The van der Waals surface area contributed by atoms with Crippen LogP contribution in [0, 0.1) is 6.92 Å². The lowest BCUT2D eigenvalue weighted by Crippen LogP contribution is -2.41. The minimum atomic E-state index is -0.355. The van der Waals surface area contributed by atoms with E-state index in [1.165, 1.54) is 0 Å². The summed E-state index contributed by atoms with van der Waals surface area (Å²) >= 11 is 3.31. The van der Waals surface area contributed by atoms with Gasteiger partial charge in [-0.15, -0.1) is 0 Å².